The Balaban J connectivity index is 2.75. The van der Waals surface area contributed by atoms with Crippen LogP contribution in [0.5, 0.6) is 0 Å². The summed E-state index contributed by atoms with van der Waals surface area (Å²) in [6, 6.07) is 1.96. The van der Waals surface area contributed by atoms with Gasteiger partial charge in [-0.05, 0) is 23.9 Å². The predicted octanol–water partition coefficient (Wildman–Crippen LogP) is 2.31. The zero-order chi connectivity index (χ0) is 9.84. The van der Waals surface area contributed by atoms with Crippen molar-refractivity contribution in [1.29, 1.82) is 0 Å². The predicted molar refractivity (Wildman–Crippen MR) is 56.2 cm³/mol. The van der Waals surface area contributed by atoms with Crippen LogP contribution in [0.25, 0.3) is 0 Å². The van der Waals surface area contributed by atoms with Crippen molar-refractivity contribution in [2.45, 2.75) is 6.92 Å². The number of nitrogens with zero attached hydrogens (tertiary/aromatic N) is 1. The molecule has 0 aromatic carbocycles. The van der Waals surface area contributed by atoms with Gasteiger partial charge in [0.25, 0.3) is 0 Å². The number of carbonyl (C=O) groups is 1. The van der Waals surface area contributed by atoms with Crippen molar-refractivity contribution in [3.05, 3.63) is 34.2 Å². The molecule has 0 atom stereocenters. The van der Waals surface area contributed by atoms with Crippen LogP contribution in [0.15, 0.2) is 23.7 Å². The summed E-state index contributed by atoms with van der Waals surface area (Å²) >= 11 is 1.49. The van der Waals surface area contributed by atoms with E-state index in [4.69, 9.17) is 0 Å². The van der Waals surface area contributed by atoms with Gasteiger partial charge in [0, 0.05) is 26.4 Å². The van der Waals surface area contributed by atoms with Crippen molar-refractivity contribution in [2.75, 3.05) is 14.1 Å². The molecule has 0 amide bonds. The lowest BCUT2D eigenvalue weighted by Crippen LogP contribution is -2.02. The van der Waals surface area contributed by atoms with E-state index in [1.54, 1.807) is 12.3 Å². The zero-order valence-corrected chi connectivity index (χ0v) is 8.89. The average Bonchev–Trinajstić information content (AvgIpc) is 2.47. The Labute approximate surface area is 82.5 Å². The molecule has 0 N–H and O–H groups in total. The van der Waals surface area contributed by atoms with Gasteiger partial charge in [-0.15, -0.1) is 11.3 Å². The molecule has 70 valence electrons. The number of ketones is 1. The number of aryl methyl sites for hydroxylation is 1. The quantitative estimate of drug-likeness (QED) is 0.545. The van der Waals surface area contributed by atoms with Crippen molar-refractivity contribution in [3.63, 3.8) is 0 Å². The van der Waals surface area contributed by atoms with Gasteiger partial charge in [0.2, 0.25) is 0 Å². The van der Waals surface area contributed by atoms with Gasteiger partial charge in [-0.2, -0.15) is 0 Å². The second-order valence-corrected chi connectivity index (χ2v) is 3.99. The molecule has 1 heterocycles. The largest absolute Gasteiger partial charge is 0.383 e. The minimum absolute atomic E-state index is 0.0844. The van der Waals surface area contributed by atoms with Gasteiger partial charge in [0.15, 0.2) is 5.78 Å². The zero-order valence-electron chi connectivity index (χ0n) is 8.07. The van der Waals surface area contributed by atoms with Gasteiger partial charge in [0.05, 0.1) is 4.88 Å². The number of thiophene rings is 1. The van der Waals surface area contributed by atoms with Gasteiger partial charge in [0.1, 0.15) is 0 Å². The molecule has 0 saturated carbocycles. The highest BCUT2D eigenvalue weighted by Crippen LogP contribution is 2.16. The monoisotopic (exact) mass is 195 g/mol. The molecule has 13 heavy (non-hydrogen) atoms. The third kappa shape index (κ3) is 2.70. The van der Waals surface area contributed by atoms with E-state index in [0.29, 0.717) is 0 Å². The van der Waals surface area contributed by atoms with Gasteiger partial charge < -0.3 is 4.90 Å². The Hall–Kier alpha value is -1.09. The molecule has 0 aliphatic rings. The van der Waals surface area contributed by atoms with E-state index in [-0.39, 0.29) is 5.78 Å². The number of hydrogen-bond donors (Lipinski definition) is 0. The first-order chi connectivity index (χ1) is 6.11. The van der Waals surface area contributed by atoms with Gasteiger partial charge >= 0.3 is 0 Å². The summed E-state index contributed by atoms with van der Waals surface area (Å²) in [4.78, 5) is 14.2. The minimum atomic E-state index is 0.0844. The highest BCUT2D eigenvalue weighted by Gasteiger charge is 2.06. The fraction of sp³-hybridized carbons (Fsp3) is 0.300. The van der Waals surface area contributed by atoms with E-state index in [1.807, 2.05) is 37.4 Å². The highest BCUT2D eigenvalue weighted by molar-refractivity contribution is 7.12. The first-order valence-electron chi connectivity index (χ1n) is 4.04. The van der Waals surface area contributed by atoms with E-state index in [0.717, 1.165) is 10.4 Å². The van der Waals surface area contributed by atoms with Crippen LogP contribution in [0, 0.1) is 6.92 Å². The van der Waals surface area contributed by atoms with E-state index >= 15 is 0 Å². The van der Waals surface area contributed by atoms with Crippen LogP contribution < -0.4 is 0 Å². The molecular formula is C10H13NOS. The molecule has 3 heteroatoms. The van der Waals surface area contributed by atoms with Crippen LogP contribution in [0.1, 0.15) is 15.2 Å². The number of carbonyl (C=O) groups excluding carboxylic acids is 1. The molecule has 0 saturated heterocycles. The Bertz CT molecular complexity index is 325. The Kier molecular flexibility index (Phi) is 3.25. The van der Waals surface area contributed by atoms with Crippen LogP contribution in [-0.2, 0) is 0 Å². The molecule has 0 aliphatic heterocycles. The molecule has 2 nitrogen and oxygen atoms in total. The van der Waals surface area contributed by atoms with Gasteiger partial charge in [-0.3, -0.25) is 4.79 Å². The molecule has 1 rings (SSSR count). The summed E-state index contributed by atoms with van der Waals surface area (Å²) in [7, 11) is 3.79. The Morgan fingerprint density at radius 1 is 1.54 bits per heavy atom. The fourth-order valence-corrected chi connectivity index (χ4v) is 1.76. The average molecular weight is 195 g/mol. The van der Waals surface area contributed by atoms with Crippen molar-refractivity contribution in [2.24, 2.45) is 0 Å². The minimum Gasteiger partial charge on any atom is -0.383 e. The van der Waals surface area contributed by atoms with Crippen LogP contribution in [0.2, 0.25) is 0 Å². The normalized spacial score (nSPS) is 10.7. The van der Waals surface area contributed by atoms with Crippen LogP contribution >= 0.6 is 11.3 Å². The summed E-state index contributed by atoms with van der Waals surface area (Å²) in [5.74, 6) is 0.0844. The molecule has 1 aromatic rings. The van der Waals surface area contributed by atoms with Crippen molar-refractivity contribution in [1.82, 2.24) is 4.90 Å². The van der Waals surface area contributed by atoms with Crippen LogP contribution in [0.4, 0.5) is 0 Å². The third-order valence-electron chi connectivity index (χ3n) is 1.61. The maximum atomic E-state index is 11.5. The SMILES string of the molecule is Cc1ccsc1C(=O)/C=C/N(C)C. The van der Waals surface area contributed by atoms with Crippen LogP contribution in [-0.4, -0.2) is 24.8 Å². The molecule has 0 unspecified atom stereocenters. The summed E-state index contributed by atoms with van der Waals surface area (Å²) in [5.41, 5.74) is 1.05. The second-order valence-electron chi connectivity index (χ2n) is 3.08. The number of rotatable bonds is 3. The summed E-state index contributed by atoms with van der Waals surface area (Å²) in [5, 5.41) is 1.94. The summed E-state index contributed by atoms with van der Waals surface area (Å²) < 4.78 is 0. The Morgan fingerprint density at radius 2 is 2.23 bits per heavy atom. The molecule has 0 radical (unpaired) electrons. The molecule has 0 bridgehead atoms. The Morgan fingerprint density at radius 3 is 2.69 bits per heavy atom. The smallest absolute Gasteiger partial charge is 0.197 e. The molecule has 0 aliphatic carbocycles. The van der Waals surface area contributed by atoms with Gasteiger partial charge in [-0.1, -0.05) is 0 Å². The fourth-order valence-electron chi connectivity index (χ4n) is 0.918. The van der Waals surface area contributed by atoms with E-state index in [9.17, 15) is 4.79 Å². The standard InChI is InChI=1S/C10H13NOS/c1-8-5-7-13-10(8)9(12)4-6-11(2)3/h4-7H,1-3H3/b6-4+. The molecular weight excluding hydrogens is 182 g/mol. The van der Waals surface area contributed by atoms with Crippen molar-refractivity contribution >= 4 is 17.1 Å². The first-order valence-corrected chi connectivity index (χ1v) is 4.92. The second kappa shape index (κ2) is 4.23. The van der Waals surface area contributed by atoms with E-state index < -0.39 is 0 Å². The topological polar surface area (TPSA) is 20.3 Å². The molecule has 0 fully saturated rings. The van der Waals surface area contributed by atoms with E-state index in [2.05, 4.69) is 0 Å². The molecule has 1 aromatic heterocycles. The number of allylic oxidation sites excluding steroid dienone is 1. The summed E-state index contributed by atoms with van der Waals surface area (Å²) in [6.07, 6.45) is 3.36. The van der Waals surface area contributed by atoms with E-state index in [1.165, 1.54) is 11.3 Å². The first kappa shape index (κ1) is 9.99. The maximum absolute atomic E-state index is 11.5. The lowest BCUT2D eigenvalue weighted by Gasteiger charge is -2.02. The van der Waals surface area contributed by atoms with Gasteiger partial charge in [-0.25, -0.2) is 0 Å². The molecule has 0 spiro atoms. The lowest BCUT2D eigenvalue weighted by atomic mass is 10.2. The third-order valence-corrected chi connectivity index (χ3v) is 2.64. The maximum Gasteiger partial charge on any atom is 0.197 e. The van der Waals surface area contributed by atoms with Crippen LogP contribution in [0.3, 0.4) is 0 Å². The van der Waals surface area contributed by atoms with Crippen molar-refractivity contribution < 1.29 is 4.79 Å². The summed E-state index contributed by atoms with van der Waals surface area (Å²) in [6.45, 7) is 1.95. The lowest BCUT2D eigenvalue weighted by molar-refractivity contribution is 0.104. The van der Waals surface area contributed by atoms with Crippen molar-refractivity contribution in [3.8, 4) is 0 Å². The highest BCUT2D eigenvalue weighted by atomic mass is 32.1. The number of hydrogen-bond acceptors (Lipinski definition) is 3.